The fourth-order valence-corrected chi connectivity index (χ4v) is 4.56. The summed E-state index contributed by atoms with van der Waals surface area (Å²) in [6.07, 6.45) is 2.42. The molecule has 2 saturated heterocycles. The van der Waals surface area contributed by atoms with Crippen molar-refractivity contribution in [3.05, 3.63) is 24.3 Å². The second-order valence-corrected chi connectivity index (χ2v) is 8.70. The van der Waals surface area contributed by atoms with E-state index in [1.54, 1.807) is 0 Å². The zero-order chi connectivity index (χ0) is 17.0. The maximum atomic E-state index is 12.3. The number of likely N-dealkylation sites (N-methyl/N-ethyl adjacent to an activating group) is 1. The number of hydrogen-bond acceptors (Lipinski definition) is 4. The largest absolute Gasteiger partial charge is 0.367 e. The second kappa shape index (κ2) is 7.66. The number of nitrogens with zero attached hydrogens (tertiary/aromatic N) is 2. The molecule has 0 bridgehead atoms. The van der Waals surface area contributed by atoms with Gasteiger partial charge in [-0.2, -0.15) is 11.8 Å². The van der Waals surface area contributed by atoms with Gasteiger partial charge in [0.1, 0.15) is 0 Å². The summed E-state index contributed by atoms with van der Waals surface area (Å²) in [5.74, 6) is 1.20. The molecule has 2 amide bonds. The summed E-state index contributed by atoms with van der Waals surface area (Å²) in [4.78, 5) is 17.0. The predicted octanol–water partition coefficient (Wildman–Crippen LogP) is 2.85. The smallest absolute Gasteiger partial charge is 0.319 e. The molecule has 0 aromatic heterocycles. The number of para-hydroxylation sites is 2. The zero-order valence-electron chi connectivity index (χ0n) is 14.7. The number of benzene rings is 1. The van der Waals surface area contributed by atoms with E-state index in [4.69, 9.17) is 0 Å². The lowest BCUT2D eigenvalue weighted by Crippen LogP contribution is -2.45. The molecule has 2 heterocycles. The van der Waals surface area contributed by atoms with E-state index >= 15 is 0 Å². The molecule has 2 N–H and O–H groups in total. The molecule has 0 spiro atoms. The molecule has 0 saturated carbocycles. The first kappa shape index (κ1) is 17.4. The highest BCUT2D eigenvalue weighted by Gasteiger charge is 2.29. The summed E-state index contributed by atoms with van der Waals surface area (Å²) in [6.45, 7) is 7.05. The van der Waals surface area contributed by atoms with Crippen molar-refractivity contribution in [3.8, 4) is 0 Å². The molecule has 1 aromatic carbocycles. The third kappa shape index (κ3) is 4.36. The molecule has 0 radical (unpaired) electrons. The van der Waals surface area contributed by atoms with Crippen molar-refractivity contribution in [2.45, 2.75) is 24.5 Å². The number of piperazine rings is 1. The Kier molecular flexibility index (Phi) is 5.56. The van der Waals surface area contributed by atoms with Crippen LogP contribution in [0.3, 0.4) is 0 Å². The van der Waals surface area contributed by atoms with Crippen LogP contribution < -0.4 is 15.5 Å². The minimum absolute atomic E-state index is 0.106. The van der Waals surface area contributed by atoms with Gasteiger partial charge in [0.2, 0.25) is 0 Å². The Morgan fingerprint density at radius 3 is 2.71 bits per heavy atom. The highest BCUT2D eigenvalue weighted by molar-refractivity contribution is 8.00. The van der Waals surface area contributed by atoms with Gasteiger partial charge in [-0.3, -0.25) is 0 Å². The van der Waals surface area contributed by atoms with E-state index in [0.717, 1.165) is 44.1 Å². The lowest BCUT2D eigenvalue weighted by molar-refractivity contribution is 0.251. The molecular formula is C18H28N4OS. The Morgan fingerprint density at radius 1 is 1.25 bits per heavy atom. The van der Waals surface area contributed by atoms with E-state index in [0.29, 0.717) is 0 Å². The van der Waals surface area contributed by atoms with Crippen molar-refractivity contribution in [2.24, 2.45) is 0 Å². The molecule has 2 aliphatic rings. The van der Waals surface area contributed by atoms with Crippen molar-refractivity contribution in [2.75, 3.05) is 55.7 Å². The van der Waals surface area contributed by atoms with Gasteiger partial charge in [-0.05, 0) is 44.7 Å². The van der Waals surface area contributed by atoms with E-state index in [2.05, 4.69) is 40.5 Å². The third-order valence-electron chi connectivity index (χ3n) is 4.92. The van der Waals surface area contributed by atoms with Crippen LogP contribution in [0.25, 0.3) is 0 Å². The first-order chi connectivity index (χ1) is 11.6. The van der Waals surface area contributed by atoms with Crippen LogP contribution in [0, 0.1) is 0 Å². The molecule has 3 rings (SSSR count). The molecule has 0 unspecified atom stereocenters. The Balaban J connectivity index is 1.59. The van der Waals surface area contributed by atoms with Crippen molar-refractivity contribution >= 4 is 29.2 Å². The summed E-state index contributed by atoms with van der Waals surface area (Å²) in [5.41, 5.74) is 2.01. The fourth-order valence-electron chi connectivity index (χ4n) is 3.31. The molecular weight excluding hydrogens is 320 g/mol. The fraction of sp³-hybridized carbons (Fsp3) is 0.611. The first-order valence-electron chi connectivity index (χ1n) is 8.77. The summed E-state index contributed by atoms with van der Waals surface area (Å²) in [7, 11) is 2.15. The van der Waals surface area contributed by atoms with Crippen molar-refractivity contribution < 1.29 is 4.79 Å². The number of nitrogens with one attached hydrogen (secondary N) is 2. The Hall–Kier alpha value is -1.40. The van der Waals surface area contributed by atoms with Crippen LogP contribution in [0.15, 0.2) is 24.3 Å². The van der Waals surface area contributed by atoms with Crippen molar-refractivity contribution in [3.63, 3.8) is 0 Å². The lowest BCUT2D eigenvalue weighted by Gasteiger charge is -2.35. The Morgan fingerprint density at radius 2 is 2.00 bits per heavy atom. The third-order valence-corrected chi connectivity index (χ3v) is 6.46. The average Bonchev–Trinajstić information content (AvgIpc) is 3.02. The summed E-state index contributed by atoms with van der Waals surface area (Å²) in [5, 5.41) is 6.10. The Labute approximate surface area is 149 Å². The SMILES string of the molecule is CN1CCN(c2ccccc2NC(=O)NC[C@@]2(C)CCCS2)CC1. The number of amides is 2. The normalized spacial score (nSPS) is 24.8. The van der Waals surface area contributed by atoms with Gasteiger partial charge in [0, 0.05) is 37.5 Å². The first-order valence-corrected chi connectivity index (χ1v) is 9.76. The standard InChI is InChI=1S/C18H28N4OS/c1-18(8-5-13-24-18)14-19-17(23)20-15-6-3-4-7-16(15)22-11-9-21(2)10-12-22/h3-4,6-7H,5,8-14H2,1-2H3,(H2,19,20,23)/t18-/m1/s1. The number of carbonyl (C=O) groups excluding carboxylic acids is 1. The van der Waals surface area contributed by atoms with Crippen LogP contribution in [0.5, 0.6) is 0 Å². The second-order valence-electron chi connectivity index (χ2n) is 7.02. The average molecular weight is 349 g/mol. The van der Waals surface area contributed by atoms with E-state index in [9.17, 15) is 4.79 Å². The van der Waals surface area contributed by atoms with E-state index in [1.807, 2.05) is 30.0 Å². The Bertz CT molecular complexity index is 566. The number of urea groups is 1. The van der Waals surface area contributed by atoms with Gasteiger partial charge in [-0.1, -0.05) is 12.1 Å². The topological polar surface area (TPSA) is 47.6 Å². The monoisotopic (exact) mass is 348 g/mol. The van der Waals surface area contributed by atoms with Crippen LogP contribution in [0.4, 0.5) is 16.2 Å². The van der Waals surface area contributed by atoms with Crippen LogP contribution in [0.2, 0.25) is 0 Å². The molecule has 24 heavy (non-hydrogen) atoms. The van der Waals surface area contributed by atoms with Gasteiger partial charge >= 0.3 is 6.03 Å². The maximum absolute atomic E-state index is 12.3. The highest BCUT2D eigenvalue weighted by Crippen LogP contribution is 2.37. The van der Waals surface area contributed by atoms with E-state index in [-0.39, 0.29) is 10.8 Å². The lowest BCUT2D eigenvalue weighted by atomic mass is 10.1. The van der Waals surface area contributed by atoms with Gasteiger partial charge in [-0.25, -0.2) is 4.79 Å². The molecule has 6 heteroatoms. The van der Waals surface area contributed by atoms with Crippen molar-refractivity contribution in [1.29, 1.82) is 0 Å². The predicted molar refractivity (Wildman–Crippen MR) is 103 cm³/mol. The summed E-state index contributed by atoms with van der Waals surface area (Å²) < 4.78 is 0.189. The van der Waals surface area contributed by atoms with Gasteiger partial charge in [-0.15, -0.1) is 0 Å². The maximum Gasteiger partial charge on any atom is 0.319 e. The molecule has 1 aromatic rings. The quantitative estimate of drug-likeness (QED) is 0.878. The van der Waals surface area contributed by atoms with Crippen LogP contribution in [0.1, 0.15) is 19.8 Å². The molecule has 2 fully saturated rings. The van der Waals surface area contributed by atoms with Gasteiger partial charge in [0.25, 0.3) is 0 Å². The summed E-state index contributed by atoms with van der Waals surface area (Å²) in [6, 6.07) is 7.98. The number of anilines is 2. The zero-order valence-corrected chi connectivity index (χ0v) is 15.5. The molecule has 2 aliphatic heterocycles. The van der Waals surface area contributed by atoms with Crippen LogP contribution in [-0.2, 0) is 0 Å². The van der Waals surface area contributed by atoms with Crippen LogP contribution >= 0.6 is 11.8 Å². The molecule has 132 valence electrons. The summed E-state index contributed by atoms with van der Waals surface area (Å²) >= 11 is 1.96. The number of carbonyl (C=O) groups is 1. The minimum atomic E-state index is -0.106. The van der Waals surface area contributed by atoms with Gasteiger partial charge < -0.3 is 20.4 Å². The van der Waals surface area contributed by atoms with Gasteiger partial charge in [0.15, 0.2) is 0 Å². The van der Waals surface area contributed by atoms with E-state index in [1.165, 1.54) is 18.6 Å². The molecule has 5 nitrogen and oxygen atoms in total. The molecule has 1 atom stereocenters. The van der Waals surface area contributed by atoms with Crippen LogP contribution in [-0.4, -0.2) is 61.2 Å². The highest BCUT2D eigenvalue weighted by atomic mass is 32.2. The minimum Gasteiger partial charge on any atom is -0.367 e. The van der Waals surface area contributed by atoms with Gasteiger partial charge in [0.05, 0.1) is 11.4 Å². The number of thioether (sulfide) groups is 1. The van der Waals surface area contributed by atoms with Crippen molar-refractivity contribution in [1.82, 2.24) is 10.2 Å². The molecule has 0 aliphatic carbocycles. The van der Waals surface area contributed by atoms with E-state index < -0.39 is 0 Å². The number of rotatable bonds is 4. The number of hydrogen-bond donors (Lipinski definition) is 2.